The minimum absolute atomic E-state index is 0.100. The Morgan fingerprint density at radius 1 is 1.07 bits per heavy atom. The van der Waals surface area contributed by atoms with E-state index < -0.39 is 0 Å². The van der Waals surface area contributed by atoms with Crippen molar-refractivity contribution in [1.29, 1.82) is 0 Å². The van der Waals surface area contributed by atoms with E-state index in [1.165, 1.54) is 12.1 Å². The number of rotatable bonds is 3. The van der Waals surface area contributed by atoms with Crippen LogP contribution in [0.3, 0.4) is 0 Å². The van der Waals surface area contributed by atoms with E-state index in [2.05, 4.69) is 19.0 Å². The molecule has 150 valence electrons. The second-order valence-corrected chi connectivity index (χ2v) is 8.65. The molecule has 1 saturated heterocycles. The number of halogens is 1. The van der Waals surface area contributed by atoms with Gasteiger partial charge in [0, 0.05) is 35.4 Å². The minimum atomic E-state index is 0.100. The Balaban J connectivity index is 1.65. The molecular formula is C22H29ClN4O. The van der Waals surface area contributed by atoms with Crippen molar-refractivity contribution in [2.24, 2.45) is 0 Å². The number of hydrogen-bond donors (Lipinski definition) is 0. The molecule has 1 fully saturated rings. The van der Waals surface area contributed by atoms with Gasteiger partial charge in [-0.05, 0) is 76.9 Å². The summed E-state index contributed by atoms with van der Waals surface area (Å²) in [5, 5.41) is 5.54. The van der Waals surface area contributed by atoms with Crippen LogP contribution >= 0.6 is 11.6 Å². The van der Waals surface area contributed by atoms with Crippen LogP contribution in [0.1, 0.15) is 53.8 Å². The summed E-state index contributed by atoms with van der Waals surface area (Å²) in [7, 11) is 4.24. The quantitative estimate of drug-likeness (QED) is 0.732. The molecule has 28 heavy (non-hydrogen) atoms. The summed E-state index contributed by atoms with van der Waals surface area (Å²) in [6.07, 6.45) is 7.45. The molecule has 0 bridgehead atoms. The molecule has 2 heterocycles. The number of hydrogen-bond acceptors (Lipinski definition) is 3. The Labute approximate surface area is 172 Å². The number of piperidine rings is 1. The van der Waals surface area contributed by atoms with E-state index in [0.717, 1.165) is 62.9 Å². The maximum atomic E-state index is 13.4. The molecule has 2 aliphatic rings. The lowest BCUT2D eigenvalue weighted by molar-refractivity contribution is 0.0656. The molecule has 5 nitrogen and oxygen atoms in total. The fraction of sp³-hybridized carbons (Fsp3) is 0.545. The van der Waals surface area contributed by atoms with Gasteiger partial charge in [0.15, 0.2) is 5.69 Å². The van der Waals surface area contributed by atoms with Crippen LogP contribution in [0.25, 0.3) is 5.69 Å². The average Bonchev–Trinajstić information content (AvgIpc) is 2.89. The molecule has 0 saturated carbocycles. The average molecular weight is 401 g/mol. The summed E-state index contributed by atoms with van der Waals surface area (Å²) < 4.78 is 1.98. The van der Waals surface area contributed by atoms with Gasteiger partial charge in [0.05, 0.1) is 5.69 Å². The first-order valence-corrected chi connectivity index (χ1v) is 10.7. The molecule has 0 N–H and O–H groups in total. The molecule has 2 aromatic rings. The zero-order valence-electron chi connectivity index (χ0n) is 16.8. The standard InChI is InChI=1S/C22H29ClN4O/c1-25(2)17-12-14-26(15-13-17)22(28)21-19-6-4-3-5-7-20(19)27(24-21)18-10-8-16(23)9-11-18/h8-11,17H,3-7,12-15H2,1-2H3. The first-order valence-electron chi connectivity index (χ1n) is 10.4. The molecule has 6 heteroatoms. The van der Waals surface area contributed by atoms with Gasteiger partial charge in [-0.3, -0.25) is 4.79 Å². The van der Waals surface area contributed by atoms with Gasteiger partial charge in [0.1, 0.15) is 0 Å². The predicted molar refractivity (Wildman–Crippen MR) is 112 cm³/mol. The van der Waals surface area contributed by atoms with Crippen LogP contribution in [-0.4, -0.2) is 58.7 Å². The fourth-order valence-electron chi connectivity index (χ4n) is 4.48. The van der Waals surface area contributed by atoms with E-state index in [1.807, 2.05) is 33.8 Å². The normalized spacial score (nSPS) is 18.2. The third-order valence-electron chi connectivity index (χ3n) is 6.19. The predicted octanol–water partition coefficient (Wildman–Crippen LogP) is 3.96. The van der Waals surface area contributed by atoms with Gasteiger partial charge in [-0.25, -0.2) is 4.68 Å². The number of aromatic nitrogens is 2. The molecule has 1 aliphatic heterocycles. The maximum absolute atomic E-state index is 13.4. The lowest BCUT2D eigenvalue weighted by Crippen LogP contribution is -2.44. The van der Waals surface area contributed by atoms with Crippen molar-refractivity contribution in [3.8, 4) is 5.69 Å². The van der Waals surface area contributed by atoms with E-state index in [-0.39, 0.29) is 5.91 Å². The highest BCUT2D eigenvalue weighted by molar-refractivity contribution is 6.30. The lowest BCUT2D eigenvalue weighted by Gasteiger charge is -2.35. The third-order valence-corrected chi connectivity index (χ3v) is 6.44. The molecule has 1 aromatic carbocycles. The van der Waals surface area contributed by atoms with E-state index in [1.54, 1.807) is 0 Å². The van der Waals surface area contributed by atoms with Gasteiger partial charge in [0.25, 0.3) is 5.91 Å². The Morgan fingerprint density at radius 2 is 1.75 bits per heavy atom. The van der Waals surface area contributed by atoms with E-state index in [9.17, 15) is 4.79 Å². The molecule has 0 radical (unpaired) electrons. The Kier molecular flexibility index (Phi) is 5.74. The highest BCUT2D eigenvalue weighted by atomic mass is 35.5. The van der Waals surface area contributed by atoms with E-state index in [4.69, 9.17) is 16.7 Å². The van der Waals surface area contributed by atoms with Gasteiger partial charge in [-0.2, -0.15) is 5.10 Å². The molecule has 0 spiro atoms. The van der Waals surface area contributed by atoms with Crippen LogP contribution in [0.15, 0.2) is 24.3 Å². The highest BCUT2D eigenvalue weighted by Gasteiger charge is 2.30. The summed E-state index contributed by atoms with van der Waals surface area (Å²) in [4.78, 5) is 17.6. The smallest absolute Gasteiger partial charge is 0.274 e. The number of carbonyl (C=O) groups is 1. The zero-order chi connectivity index (χ0) is 19.7. The second-order valence-electron chi connectivity index (χ2n) is 8.21. The maximum Gasteiger partial charge on any atom is 0.274 e. The van der Waals surface area contributed by atoms with Crippen LogP contribution in [0, 0.1) is 0 Å². The van der Waals surface area contributed by atoms with Gasteiger partial charge in [-0.1, -0.05) is 18.0 Å². The molecule has 0 atom stereocenters. The topological polar surface area (TPSA) is 41.4 Å². The first kappa shape index (κ1) is 19.5. The first-order chi connectivity index (χ1) is 13.5. The van der Waals surface area contributed by atoms with E-state index in [0.29, 0.717) is 16.8 Å². The summed E-state index contributed by atoms with van der Waals surface area (Å²) in [5.74, 6) is 0.100. The van der Waals surface area contributed by atoms with Crippen molar-refractivity contribution in [1.82, 2.24) is 19.6 Å². The van der Waals surface area contributed by atoms with Crippen molar-refractivity contribution < 1.29 is 4.79 Å². The van der Waals surface area contributed by atoms with Crippen molar-refractivity contribution in [3.05, 3.63) is 46.2 Å². The molecular weight excluding hydrogens is 372 g/mol. The summed E-state index contributed by atoms with van der Waals surface area (Å²) in [6.45, 7) is 1.62. The lowest BCUT2D eigenvalue weighted by atomic mass is 10.0. The van der Waals surface area contributed by atoms with Gasteiger partial charge < -0.3 is 9.80 Å². The summed E-state index contributed by atoms with van der Waals surface area (Å²) >= 11 is 6.07. The SMILES string of the molecule is CN(C)C1CCN(C(=O)c2nn(-c3ccc(Cl)cc3)c3c2CCCCC3)CC1. The molecule has 0 unspecified atom stereocenters. The zero-order valence-corrected chi connectivity index (χ0v) is 17.6. The Morgan fingerprint density at radius 3 is 2.43 bits per heavy atom. The van der Waals surface area contributed by atoms with Crippen molar-refractivity contribution >= 4 is 17.5 Å². The molecule has 1 aromatic heterocycles. The molecule has 1 aliphatic carbocycles. The monoisotopic (exact) mass is 400 g/mol. The molecule has 4 rings (SSSR count). The fourth-order valence-corrected chi connectivity index (χ4v) is 4.60. The van der Waals surface area contributed by atoms with Crippen LogP contribution in [0.2, 0.25) is 5.02 Å². The van der Waals surface area contributed by atoms with Crippen molar-refractivity contribution in [3.63, 3.8) is 0 Å². The number of likely N-dealkylation sites (tertiary alicyclic amines) is 1. The van der Waals surface area contributed by atoms with Crippen molar-refractivity contribution in [2.75, 3.05) is 27.2 Å². The third kappa shape index (κ3) is 3.83. The van der Waals surface area contributed by atoms with Crippen LogP contribution in [0.5, 0.6) is 0 Å². The summed E-state index contributed by atoms with van der Waals surface area (Å²) in [6, 6.07) is 8.30. The second kappa shape index (κ2) is 8.26. The Bertz CT molecular complexity index is 835. The minimum Gasteiger partial charge on any atom is -0.337 e. The highest BCUT2D eigenvalue weighted by Crippen LogP contribution is 2.28. The van der Waals surface area contributed by atoms with Crippen LogP contribution in [0.4, 0.5) is 0 Å². The number of carbonyl (C=O) groups excluding carboxylic acids is 1. The number of fused-ring (bicyclic) bond motifs is 1. The van der Waals surface area contributed by atoms with Crippen LogP contribution in [-0.2, 0) is 12.8 Å². The Hall–Kier alpha value is -1.85. The molecule has 1 amide bonds. The number of benzene rings is 1. The van der Waals surface area contributed by atoms with Gasteiger partial charge >= 0.3 is 0 Å². The number of amides is 1. The largest absolute Gasteiger partial charge is 0.337 e. The van der Waals surface area contributed by atoms with E-state index >= 15 is 0 Å². The van der Waals surface area contributed by atoms with Gasteiger partial charge in [-0.15, -0.1) is 0 Å². The summed E-state index contributed by atoms with van der Waals surface area (Å²) in [5.41, 5.74) is 4.00. The van der Waals surface area contributed by atoms with Gasteiger partial charge in [0.2, 0.25) is 0 Å². The van der Waals surface area contributed by atoms with Crippen molar-refractivity contribution in [2.45, 2.75) is 51.0 Å². The number of nitrogens with zero attached hydrogens (tertiary/aromatic N) is 4. The van der Waals surface area contributed by atoms with Crippen LogP contribution < -0.4 is 0 Å².